The summed E-state index contributed by atoms with van der Waals surface area (Å²) in [5, 5.41) is 18.3. The standard InChI is InChI=1S/C12H9ClN2O2/c13-10-6-8(5-9(7-14)11(10)16)12(17)15-3-1-2-4-15/h1-2,5-6,16H,3-4H2. The molecule has 0 fully saturated rings. The van der Waals surface area contributed by atoms with Gasteiger partial charge in [-0.2, -0.15) is 5.26 Å². The molecule has 0 atom stereocenters. The lowest BCUT2D eigenvalue weighted by molar-refractivity contribution is 0.0800. The quantitative estimate of drug-likeness (QED) is 0.773. The van der Waals surface area contributed by atoms with Gasteiger partial charge < -0.3 is 10.0 Å². The Bertz CT molecular complexity index is 538. The first-order valence-electron chi connectivity index (χ1n) is 5.00. The first-order valence-corrected chi connectivity index (χ1v) is 5.38. The van der Waals surface area contributed by atoms with Gasteiger partial charge in [-0.15, -0.1) is 0 Å². The van der Waals surface area contributed by atoms with Gasteiger partial charge in [0.25, 0.3) is 5.91 Å². The van der Waals surface area contributed by atoms with Gasteiger partial charge in [0.1, 0.15) is 6.07 Å². The molecule has 0 spiro atoms. The van der Waals surface area contributed by atoms with Crippen LogP contribution in [0.4, 0.5) is 0 Å². The van der Waals surface area contributed by atoms with Gasteiger partial charge in [-0.25, -0.2) is 0 Å². The van der Waals surface area contributed by atoms with Crippen LogP contribution in [-0.4, -0.2) is 29.0 Å². The van der Waals surface area contributed by atoms with Gasteiger partial charge >= 0.3 is 0 Å². The van der Waals surface area contributed by atoms with Crippen molar-refractivity contribution in [2.24, 2.45) is 0 Å². The highest BCUT2D eigenvalue weighted by atomic mass is 35.5. The van der Waals surface area contributed by atoms with Gasteiger partial charge in [0.2, 0.25) is 0 Å². The van der Waals surface area contributed by atoms with Crippen LogP contribution in [0.3, 0.4) is 0 Å². The van der Waals surface area contributed by atoms with E-state index in [1.54, 1.807) is 11.0 Å². The molecular formula is C12H9ClN2O2. The highest BCUT2D eigenvalue weighted by molar-refractivity contribution is 6.32. The van der Waals surface area contributed by atoms with Crippen LogP contribution in [-0.2, 0) is 0 Å². The average Bonchev–Trinajstić information content (AvgIpc) is 2.85. The zero-order chi connectivity index (χ0) is 12.4. The molecule has 86 valence electrons. The summed E-state index contributed by atoms with van der Waals surface area (Å²) < 4.78 is 0. The maximum Gasteiger partial charge on any atom is 0.254 e. The van der Waals surface area contributed by atoms with Gasteiger partial charge in [-0.05, 0) is 12.1 Å². The molecule has 0 bridgehead atoms. The largest absolute Gasteiger partial charge is 0.505 e. The second kappa shape index (κ2) is 4.48. The molecule has 1 N–H and O–H groups in total. The van der Waals surface area contributed by atoms with Crippen molar-refractivity contribution >= 4 is 17.5 Å². The second-order valence-corrected chi connectivity index (χ2v) is 4.05. The van der Waals surface area contributed by atoms with Gasteiger partial charge in [0.05, 0.1) is 10.6 Å². The highest BCUT2D eigenvalue weighted by Crippen LogP contribution is 2.29. The molecule has 0 radical (unpaired) electrons. The molecule has 0 unspecified atom stereocenters. The van der Waals surface area contributed by atoms with Crippen molar-refractivity contribution < 1.29 is 9.90 Å². The molecule has 1 aromatic carbocycles. The van der Waals surface area contributed by atoms with E-state index in [0.717, 1.165) is 0 Å². The average molecular weight is 249 g/mol. The lowest BCUT2D eigenvalue weighted by Crippen LogP contribution is -2.28. The molecule has 1 heterocycles. The topological polar surface area (TPSA) is 64.3 Å². The number of hydrogen-bond donors (Lipinski definition) is 1. The minimum atomic E-state index is -0.287. The molecule has 1 aliphatic rings. The number of nitriles is 1. The number of rotatable bonds is 1. The molecule has 4 nitrogen and oxygen atoms in total. The van der Waals surface area contributed by atoms with E-state index in [0.29, 0.717) is 18.7 Å². The van der Waals surface area contributed by atoms with Crippen LogP contribution in [0.15, 0.2) is 24.3 Å². The Morgan fingerprint density at radius 1 is 1.41 bits per heavy atom. The van der Waals surface area contributed by atoms with E-state index in [1.165, 1.54) is 12.1 Å². The summed E-state index contributed by atoms with van der Waals surface area (Å²) in [5.41, 5.74) is 0.320. The van der Waals surface area contributed by atoms with Gasteiger partial charge in [-0.3, -0.25) is 4.79 Å². The number of phenolic OH excluding ortho intramolecular Hbond substituents is 1. The number of amides is 1. The molecule has 2 rings (SSSR count). The monoisotopic (exact) mass is 248 g/mol. The minimum absolute atomic E-state index is 0.00741. The molecule has 0 aromatic heterocycles. The van der Waals surface area contributed by atoms with E-state index in [4.69, 9.17) is 16.9 Å². The van der Waals surface area contributed by atoms with Gasteiger partial charge in [-0.1, -0.05) is 23.8 Å². The maximum atomic E-state index is 12.0. The van der Waals surface area contributed by atoms with Crippen molar-refractivity contribution in [3.8, 4) is 11.8 Å². The highest BCUT2D eigenvalue weighted by Gasteiger charge is 2.19. The molecular weight excluding hydrogens is 240 g/mol. The lowest BCUT2D eigenvalue weighted by atomic mass is 10.1. The Balaban J connectivity index is 2.36. The van der Waals surface area contributed by atoms with Crippen molar-refractivity contribution in [2.75, 3.05) is 13.1 Å². The van der Waals surface area contributed by atoms with E-state index >= 15 is 0 Å². The lowest BCUT2D eigenvalue weighted by Gasteiger charge is -2.15. The first kappa shape index (κ1) is 11.5. The molecule has 0 aliphatic carbocycles. The zero-order valence-electron chi connectivity index (χ0n) is 8.85. The smallest absolute Gasteiger partial charge is 0.254 e. The van der Waals surface area contributed by atoms with Gasteiger partial charge in [0, 0.05) is 18.7 Å². The van der Waals surface area contributed by atoms with Crippen LogP contribution in [0.5, 0.6) is 5.75 Å². The van der Waals surface area contributed by atoms with Crippen molar-refractivity contribution in [3.05, 3.63) is 40.4 Å². The Morgan fingerprint density at radius 3 is 2.65 bits per heavy atom. The van der Waals surface area contributed by atoms with Crippen LogP contribution < -0.4 is 0 Å². The normalized spacial score (nSPS) is 13.8. The molecule has 1 aliphatic heterocycles. The molecule has 1 aromatic rings. The van der Waals surface area contributed by atoms with Crippen LogP contribution in [0.25, 0.3) is 0 Å². The van der Waals surface area contributed by atoms with E-state index in [9.17, 15) is 9.90 Å². The third kappa shape index (κ3) is 2.10. The number of phenols is 1. The third-order valence-corrected chi connectivity index (χ3v) is 2.82. The molecule has 17 heavy (non-hydrogen) atoms. The number of carbonyl (C=O) groups is 1. The number of halogens is 1. The minimum Gasteiger partial charge on any atom is -0.505 e. The number of hydrogen-bond acceptors (Lipinski definition) is 3. The van der Waals surface area contributed by atoms with Crippen LogP contribution >= 0.6 is 11.6 Å². The predicted octanol–water partition coefficient (Wildman–Crippen LogP) is 1.93. The molecule has 1 amide bonds. The molecule has 0 saturated heterocycles. The number of nitrogens with zero attached hydrogens (tertiary/aromatic N) is 2. The van der Waals surface area contributed by atoms with Crippen LogP contribution in [0, 0.1) is 11.3 Å². The Morgan fingerprint density at radius 2 is 2.06 bits per heavy atom. The van der Waals surface area contributed by atoms with Crippen molar-refractivity contribution in [1.82, 2.24) is 4.90 Å². The second-order valence-electron chi connectivity index (χ2n) is 3.65. The Kier molecular flexibility index (Phi) is 3.03. The fraction of sp³-hybridized carbons (Fsp3) is 0.167. The van der Waals surface area contributed by atoms with Crippen molar-refractivity contribution in [3.63, 3.8) is 0 Å². The Labute approximate surface area is 103 Å². The summed E-state index contributed by atoms with van der Waals surface area (Å²) in [6, 6.07) is 4.52. The van der Waals surface area contributed by atoms with Crippen molar-refractivity contribution in [1.29, 1.82) is 5.26 Å². The van der Waals surface area contributed by atoms with Crippen LogP contribution in [0.2, 0.25) is 5.02 Å². The number of aromatic hydroxyl groups is 1. The maximum absolute atomic E-state index is 12.0. The summed E-state index contributed by atoms with van der Waals surface area (Å²) in [5.74, 6) is -0.487. The number of carbonyl (C=O) groups excluding carboxylic acids is 1. The third-order valence-electron chi connectivity index (χ3n) is 2.54. The van der Waals surface area contributed by atoms with E-state index in [1.807, 2.05) is 12.2 Å². The Hall–Kier alpha value is -1.99. The van der Waals surface area contributed by atoms with E-state index in [2.05, 4.69) is 0 Å². The zero-order valence-corrected chi connectivity index (χ0v) is 9.61. The summed E-state index contributed by atoms with van der Waals surface area (Å²) in [6.45, 7) is 1.11. The fourth-order valence-corrected chi connectivity index (χ4v) is 1.85. The summed E-state index contributed by atoms with van der Waals surface area (Å²) in [7, 11) is 0. The fourth-order valence-electron chi connectivity index (χ4n) is 1.63. The molecule has 0 saturated carbocycles. The first-order chi connectivity index (χ1) is 8.13. The van der Waals surface area contributed by atoms with Gasteiger partial charge in [0.15, 0.2) is 5.75 Å². The summed E-state index contributed by atoms with van der Waals surface area (Å²) >= 11 is 5.76. The van der Waals surface area contributed by atoms with E-state index in [-0.39, 0.29) is 22.2 Å². The van der Waals surface area contributed by atoms with Crippen molar-refractivity contribution in [2.45, 2.75) is 0 Å². The predicted molar refractivity (Wildman–Crippen MR) is 62.9 cm³/mol. The summed E-state index contributed by atoms with van der Waals surface area (Å²) in [4.78, 5) is 13.6. The van der Waals surface area contributed by atoms with E-state index < -0.39 is 0 Å². The number of benzene rings is 1. The molecule has 5 heteroatoms. The summed E-state index contributed by atoms with van der Waals surface area (Å²) in [6.07, 6.45) is 3.79. The SMILES string of the molecule is N#Cc1cc(C(=O)N2CC=CC2)cc(Cl)c1O. The van der Waals surface area contributed by atoms with Crippen LogP contribution in [0.1, 0.15) is 15.9 Å².